The van der Waals surface area contributed by atoms with Gasteiger partial charge in [-0.15, -0.1) is 0 Å². The number of nitrogens with zero attached hydrogens (tertiary/aromatic N) is 1. The lowest BCUT2D eigenvalue weighted by Crippen LogP contribution is -2.06. The summed E-state index contributed by atoms with van der Waals surface area (Å²) < 4.78 is 5.28. The molecular formula is C18H15NO4. The number of Topliss-reactive ketones (excluding diaryl/α,β-unsaturated/α-hetero) is 1. The Kier molecular flexibility index (Phi) is 3.93. The standard InChI is InChI=1S/C18H15NO4/c1-11(12(2)20)19-22-10-14-9-17(21)23-16-8-7-13-5-3-4-6-15(13)18(14)16/h3-9H,10H2,1-2H3/b19-11+. The van der Waals surface area contributed by atoms with Gasteiger partial charge >= 0.3 is 5.63 Å². The van der Waals surface area contributed by atoms with Crippen LogP contribution in [0.4, 0.5) is 0 Å². The zero-order chi connectivity index (χ0) is 16.4. The van der Waals surface area contributed by atoms with Gasteiger partial charge in [0.05, 0.1) is 0 Å². The van der Waals surface area contributed by atoms with Crippen molar-refractivity contribution in [1.29, 1.82) is 0 Å². The van der Waals surface area contributed by atoms with Crippen molar-refractivity contribution < 1.29 is 14.0 Å². The molecule has 0 bridgehead atoms. The van der Waals surface area contributed by atoms with E-state index in [-0.39, 0.29) is 18.1 Å². The highest BCUT2D eigenvalue weighted by atomic mass is 16.6. The predicted octanol–water partition coefficient (Wildman–Crippen LogP) is 3.43. The molecule has 0 aliphatic rings. The van der Waals surface area contributed by atoms with E-state index in [0.29, 0.717) is 11.1 Å². The molecule has 1 heterocycles. The quantitative estimate of drug-likeness (QED) is 0.320. The molecule has 0 radical (unpaired) electrons. The van der Waals surface area contributed by atoms with Crippen LogP contribution in [0.3, 0.4) is 0 Å². The van der Waals surface area contributed by atoms with E-state index in [9.17, 15) is 9.59 Å². The Labute approximate surface area is 132 Å². The van der Waals surface area contributed by atoms with E-state index in [4.69, 9.17) is 9.25 Å². The maximum absolute atomic E-state index is 11.7. The molecule has 5 nitrogen and oxygen atoms in total. The van der Waals surface area contributed by atoms with Crippen LogP contribution in [-0.4, -0.2) is 11.5 Å². The molecule has 116 valence electrons. The van der Waals surface area contributed by atoms with Crippen molar-refractivity contribution in [2.24, 2.45) is 5.16 Å². The van der Waals surface area contributed by atoms with Gasteiger partial charge in [0.2, 0.25) is 0 Å². The van der Waals surface area contributed by atoms with E-state index in [1.54, 1.807) is 13.0 Å². The summed E-state index contributed by atoms with van der Waals surface area (Å²) >= 11 is 0. The first-order chi connectivity index (χ1) is 11.1. The van der Waals surface area contributed by atoms with E-state index in [1.807, 2.05) is 30.3 Å². The van der Waals surface area contributed by atoms with Gasteiger partial charge in [0, 0.05) is 23.9 Å². The smallest absolute Gasteiger partial charge is 0.336 e. The first-order valence-electron chi connectivity index (χ1n) is 7.18. The second kappa shape index (κ2) is 6.04. The van der Waals surface area contributed by atoms with Crippen molar-refractivity contribution in [3.8, 4) is 0 Å². The van der Waals surface area contributed by atoms with Crippen LogP contribution in [0.1, 0.15) is 19.4 Å². The van der Waals surface area contributed by atoms with E-state index in [0.717, 1.165) is 16.2 Å². The Morgan fingerprint density at radius 3 is 2.74 bits per heavy atom. The Morgan fingerprint density at radius 1 is 1.17 bits per heavy atom. The average Bonchev–Trinajstić information content (AvgIpc) is 2.53. The zero-order valence-corrected chi connectivity index (χ0v) is 12.8. The van der Waals surface area contributed by atoms with Gasteiger partial charge in [-0.05, 0) is 23.8 Å². The number of hydrogen-bond acceptors (Lipinski definition) is 5. The van der Waals surface area contributed by atoms with Crippen LogP contribution in [0, 0.1) is 0 Å². The normalized spacial score (nSPS) is 11.8. The summed E-state index contributed by atoms with van der Waals surface area (Å²) in [5.41, 5.74) is 1.01. The molecule has 0 saturated carbocycles. The third-order valence-corrected chi connectivity index (χ3v) is 3.65. The van der Waals surface area contributed by atoms with Crippen molar-refractivity contribution in [2.75, 3.05) is 0 Å². The van der Waals surface area contributed by atoms with Crippen molar-refractivity contribution in [1.82, 2.24) is 0 Å². The summed E-state index contributed by atoms with van der Waals surface area (Å²) in [7, 11) is 0. The lowest BCUT2D eigenvalue weighted by atomic mass is 10.0. The zero-order valence-electron chi connectivity index (χ0n) is 12.8. The number of hydrogen-bond donors (Lipinski definition) is 0. The second-order valence-electron chi connectivity index (χ2n) is 5.26. The second-order valence-corrected chi connectivity index (χ2v) is 5.26. The molecule has 2 aromatic carbocycles. The molecule has 0 unspecified atom stereocenters. The molecule has 0 saturated heterocycles. The van der Waals surface area contributed by atoms with Crippen molar-refractivity contribution in [3.05, 3.63) is 58.4 Å². The van der Waals surface area contributed by atoms with Gasteiger partial charge in [0.15, 0.2) is 5.78 Å². The summed E-state index contributed by atoms with van der Waals surface area (Å²) in [6.07, 6.45) is 0. The summed E-state index contributed by atoms with van der Waals surface area (Å²) in [5.74, 6) is -0.159. The van der Waals surface area contributed by atoms with Gasteiger partial charge in [-0.1, -0.05) is 35.5 Å². The third kappa shape index (κ3) is 2.99. The summed E-state index contributed by atoms with van der Waals surface area (Å²) in [5, 5.41) is 6.60. The van der Waals surface area contributed by atoms with Gasteiger partial charge in [-0.3, -0.25) is 4.79 Å². The topological polar surface area (TPSA) is 68.9 Å². The molecule has 0 N–H and O–H groups in total. The van der Waals surface area contributed by atoms with E-state index in [2.05, 4.69) is 5.16 Å². The molecule has 0 aliphatic heterocycles. The van der Waals surface area contributed by atoms with Crippen LogP contribution in [-0.2, 0) is 16.2 Å². The molecule has 0 atom stereocenters. The van der Waals surface area contributed by atoms with E-state index >= 15 is 0 Å². The fourth-order valence-corrected chi connectivity index (χ4v) is 2.40. The molecule has 0 spiro atoms. The van der Waals surface area contributed by atoms with Crippen molar-refractivity contribution >= 4 is 33.2 Å². The summed E-state index contributed by atoms with van der Waals surface area (Å²) in [6, 6.07) is 12.9. The highest BCUT2D eigenvalue weighted by molar-refractivity contribution is 6.37. The molecule has 1 aromatic heterocycles. The molecule has 0 amide bonds. The fraction of sp³-hybridized carbons (Fsp3) is 0.167. The van der Waals surface area contributed by atoms with Crippen LogP contribution in [0.15, 0.2) is 56.8 Å². The number of carbonyl (C=O) groups excluding carboxylic acids is 1. The van der Waals surface area contributed by atoms with E-state index < -0.39 is 5.63 Å². The number of benzene rings is 2. The largest absolute Gasteiger partial charge is 0.423 e. The van der Waals surface area contributed by atoms with Crippen LogP contribution in [0.2, 0.25) is 0 Å². The highest BCUT2D eigenvalue weighted by Crippen LogP contribution is 2.27. The van der Waals surface area contributed by atoms with Gasteiger partial charge < -0.3 is 9.25 Å². The van der Waals surface area contributed by atoms with Crippen LogP contribution >= 0.6 is 0 Å². The van der Waals surface area contributed by atoms with Crippen molar-refractivity contribution in [2.45, 2.75) is 20.5 Å². The van der Waals surface area contributed by atoms with Crippen molar-refractivity contribution in [3.63, 3.8) is 0 Å². The first-order valence-corrected chi connectivity index (χ1v) is 7.18. The van der Waals surface area contributed by atoms with E-state index in [1.165, 1.54) is 13.0 Å². The molecule has 0 aliphatic carbocycles. The predicted molar refractivity (Wildman–Crippen MR) is 88.6 cm³/mol. The molecular weight excluding hydrogens is 294 g/mol. The van der Waals surface area contributed by atoms with Crippen LogP contribution in [0.25, 0.3) is 21.7 Å². The van der Waals surface area contributed by atoms with Gasteiger partial charge in [0.25, 0.3) is 0 Å². The Balaban J connectivity index is 2.11. The molecule has 5 heteroatoms. The number of fused-ring (bicyclic) bond motifs is 3. The fourth-order valence-electron chi connectivity index (χ4n) is 2.40. The molecule has 0 fully saturated rings. The minimum atomic E-state index is -0.446. The average molecular weight is 309 g/mol. The minimum Gasteiger partial charge on any atom is -0.423 e. The minimum absolute atomic E-state index is 0.0841. The summed E-state index contributed by atoms with van der Waals surface area (Å²) in [4.78, 5) is 28.1. The monoisotopic (exact) mass is 309 g/mol. The number of rotatable bonds is 4. The number of ketones is 1. The Hall–Kier alpha value is -2.95. The number of oxime groups is 1. The SMILES string of the molecule is CC(=O)/C(C)=N/OCc1cc(=O)oc2ccc3ccccc3c12. The lowest BCUT2D eigenvalue weighted by Gasteiger charge is -2.08. The maximum atomic E-state index is 11.7. The maximum Gasteiger partial charge on any atom is 0.336 e. The van der Waals surface area contributed by atoms with Gasteiger partial charge in [-0.2, -0.15) is 0 Å². The van der Waals surface area contributed by atoms with Gasteiger partial charge in [0.1, 0.15) is 17.9 Å². The lowest BCUT2D eigenvalue weighted by molar-refractivity contribution is -0.111. The molecule has 3 rings (SSSR count). The first kappa shape index (κ1) is 15.0. The Morgan fingerprint density at radius 2 is 1.96 bits per heavy atom. The van der Waals surface area contributed by atoms with Crippen LogP contribution < -0.4 is 5.63 Å². The molecule has 23 heavy (non-hydrogen) atoms. The molecule has 3 aromatic rings. The Bertz CT molecular complexity index is 985. The third-order valence-electron chi connectivity index (χ3n) is 3.65. The number of carbonyl (C=O) groups is 1. The van der Waals surface area contributed by atoms with Gasteiger partial charge in [-0.25, -0.2) is 4.79 Å². The van der Waals surface area contributed by atoms with Crippen LogP contribution in [0.5, 0.6) is 0 Å². The highest BCUT2D eigenvalue weighted by Gasteiger charge is 2.10. The summed E-state index contributed by atoms with van der Waals surface area (Å²) in [6.45, 7) is 3.08.